The van der Waals surface area contributed by atoms with Crippen molar-refractivity contribution >= 4 is 11.8 Å². The minimum absolute atomic E-state index is 0.799. The van der Waals surface area contributed by atoms with Crippen molar-refractivity contribution in [1.82, 2.24) is 15.1 Å². The first kappa shape index (κ1) is 13.1. The number of nitrogens with one attached hydrogen (secondary N) is 1. The second kappa shape index (κ2) is 7.37. The molecule has 0 aliphatic rings. The summed E-state index contributed by atoms with van der Waals surface area (Å²) in [5.41, 5.74) is 2.34. The maximum atomic E-state index is 5.17. The van der Waals surface area contributed by atoms with Gasteiger partial charge in [-0.15, -0.1) is 18.2 Å². The van der Waals surface area contributed by atoms with Crippen LogP contribution in [-0.4, -0.2) is 27.8 Å². The number of aryl methyl sites for hydroxylation is 2. The summed E-state index contributed by atoms with van der Waals surface area (Å²) >= 11 is 1.78. The van der Waals surface area contributed by atoms with Gasteiger partial charge < -0.3 is 5.32 Å². The highest BCUT2D eigenvalue weighted by Crippen LogP contribution is 2.03. The lowest BCUT2D eigenvalue weighted by molar-refractivity contribution is 0.588. The quantitative estimate of drug-likeness (QED) is 0.578. The number of nitrogens with zero attached hydrogens (tertiary/aromatic N) is 2. The molecule has 1 rings (SSSR count). The van der Waals surface area contributed by atoms with Crippen LogP contribution < -0.4 is 5.32 Å². The van der Waals surface area contributed by atoms with Crippen molar-refractivity contribution < 1.29 is 0 Å². The van der Waals surface area contributed by atoms with Crippen LogP contribution in [0.4, 0.5) is 0 Å². The predicted molar refractivity (Wildman–Crippen MR) is 70.5 cm³/mol. The molecule has 0 spiro atoms. The summed E-state index contributed by atoms with van der Waals surface area (Å²) in [6, 6.07) is 2.13. The van der Waals surface area contributed by atoms with Crippen molar-refractivity contribution in [2.45, 2.75) is 26.9 Å². The van der Waals surface area contributed by atoms with E-state index < -0.39 is 0 Å². The number of hydrogen-bond acceptors (Lipinski definition) is 3. The second-order valence-corrected chi connectivity index (χ2v) is 4.63. The minimum Gasteiger partial charge on any atom is -0.310 e. The number of rotatable bonds is 7. The van der Waals surface area contributed by atoms with E-state index in [1.165, 1.54) is 5.69 Å². The molecule has 1 aromatic rings. The van der Waals surface area contributed by atoms with Gasteiger partial charge in [0.25, 0.3) is 0 Å². The van der Waals surface area contributed by atoms with Crippen molar-refractivity contribution in [3.63, 3.8) is 0 Å². The molecule has 1 N–H and O–H groups in total. The average molecular weight is 237 g/mol. The van der Waals surface area contributed by atoms with Gasteiger partial charge in [0, 0.05) is 25.4 Å². The first-order chi connectivity index (χ1) is 7.77. The molecule has 0 aromatic carbocycles. The average Bonchev–Trinajstić information content (AvgIpc) is 2.64. The van der Waals surface area contributed by atoms with Crippen LogP contribution in [-0.2, 0) is 13.1 Å². The molecule has 88 valence electrons. The zero-order chi connectivity index (χ0) is 11.8. The van der Waals surface area contributed by atoms with Crippen LogP contribution in [0.3, 0.4) is 0 Å². The Hall–Kier alpha value is -0.920. The summed E-state index contributed by atoms with van der Waals surface area (Å²) < 4.78 is 2.04. The molecule has 1 aromatic heterocycles. The van der Waals surface area contributed by atoms with Gasteiger partial charge >= 0.3 is 0 Å². The van der Waals surface area contributed by atoms with Gasteiger partial charge in [0.2, 0.25) is 0 Å². The van der Waals surface area contributed by atoms with Crippen LogP contribution in [0.15, 0.2) is 6.07 Å². The highest BCUT2D eigenvalue weighted by atomic mass is 32.2. The van der Waals surface area contributed by atoms with Crippen LogP contribution in [0.2, 0.25) is 0 Å². The number of hydrogen-bond donors (Lipinski definition) is 1. The largest absolute Gasteiger partial charge is 0.310 e. The second-order valence-electron chi connectivity index (χ2n) is 3.53. The molecule has 0 fully saturated rings. The van der Waals surface area contributed by atoms with E-state index in [0.717, 1.165) is 36.8 Å². The van der Waals surface area contributed by atoms with E-state index in [9.17, 15) is 0 Å². The highest BCUT2D eigenvalue weighted by Gasteiger charge is 2.02. The third kappa shape index (κ3) is 4.30. The summed E-state index contributed by atoms with van der Waals surface area (Å²) in [4.78, 5) is 0. The van der Waals surface area contributed by atoms with Gasteiger partial charge in [-0.05, 0) is 19.9 Å². The Morgan fingerprint density at radius 1 is 1.62 bits per heavy atom. The van der Waals surface area contributed by atoms with Gasteiger partial charge in [0.15, 0.2) is 0 Å². The molecular formula is C12H19N3S. The van der Waals surface area contributed by atoms with Crippen molar-refractivity contribution in [2.75, 3.05) is 18.1 Å². The van der Waals surface area contributed by atoms with Gasteiger partial charge in [-0.3, -0.25) is 4.68 Å². The lowest BCUT2D eigenvalue weighted by Crippen LogP contribution is -2.19. The van der Waals surface area contributed by atoms with E-state index >= 15 is 0 Å². The fraction of sp³-hybridized carbons (Fsp3) is 0.583. The van der Waals surface area contributed by atoms with Gasteiger partial charge in [-0.2, -0.15) is 5.10 Å². The molecule has 0 bridgehead atoms. The lowest BCUT2D eigenvalue weighted by atomic mass is 10.3. The van der Waals surface area contributed by atoms with E-state index in [2.05, 4.69) is 29.3 Å². The van der Waals surface area contributed by atoms with Crippen LogP contribution in [0.25, 0.3) is 0 Å². The Balaban J connectivity index is 2.24. The maximum Gasteiger partial charge on any atom is 0.0597 e. The Kier molecular flexibility index (Phi) is 6.05. The highest BCUT2D eigenvalue weighted by molar-refractivity contribution is 7.99. The predicted octanol–water partition coefficient (Wildman–Crippen LogP) is 1.67. The fourth-order valence-corrected chi connectivity index (χ4v) is 2.06. The summed E-state index contributed by atoms with van der Waals surface area (Å²) in [6.45, 7) is 6.93. The van der Waals surface area contributed by atoms with Crippen molar-refractivity contribution in [3.05, 3.63) is 17.5 Å². The third-order valence-corrected chi connectivity index (χ3v) is 3.06. The smallest absolute Gasteiger partial charge is 0.0597 e. The van der Waals surface area contributed by atoms with Gasteiger partial charge in [-0.1, -0.05) is 5.92 Å². The molecule has 3 nitrogen and oxygen atoms in total. The molecule has 16 heavy (non-hydrogen) atoms. The molecule has 0 amide bonds. The maximum absolute atomic E-state index is 5.17. The van der Waals surface area contributed by atoms with E-state index in [1.54, 1.807) is 11.8 Å². The molecule has 0 aliphatic carbocycles. The zero-order valence-corrected chi connectivity index (χ0v) is 10.8. The van der Waals surface area contributed by atoms with Crippen LogP contribution >= 0.6 is 11.8 Å². The van der Waals surface area contributed by atoms with Crippen LogP contribution in [0, 0.1) is 19.3 Å². The number of aromatic nitrogens is 2. The topological polar surface area (TPSA) is 29.9 Å². The molecule has 0 saturated carbocycles. The van der Waals surface area contributed by atoms with E-state index in [1.807, 2.05) is 11.6 Å². The molecule has 0 aliphatic heterocycles. The van der Waals surface area contributed by atoms with Crippen LogP contribution in [0.5, 0.6) is 0 Å². The molecular weight excluding hydrogens is 218 g/mol. The molecule has 4 heteroatoms. The van der Waals surface area contributed by atoms with Crippen molar-refractivity contribution in [1.29, 1.82) is 0 Å². The summed E-state index contributed by atoms with van der Waals surface area (Å²) in [5, 5.41) is 7.80. The number of thioether (sulfide) groups is 1. The normalized spacial score (nSPS) is 10.3. The number of terminal acetylenes is 1. The zero-order valence-electron chi connectivity index (χ0n) is 9.99. The standard InChI is InChI=1S/C12H19N3S/c1-4-7-16-8-6-13-10-12-9-11(3)14-15(12)5-2/h1,9,13H,5-8,10H2,2-3H3. The SMILES string of the molecule is C#CCSCCNCc1cc(C)nn1CC. The minimum atomic E-state index is 0.799. The Labute approximate surface area is 102 Å². The van der Waals surface area contributed by atoms with E-state index in [-0.39, 0.29) is 0 Å². The summed E-state index contributed by atoms with van der Waals surface area (Å²) in [6.07, 6.45) is 5.17. The molecule has 1 heterocycles. The summed E-state index contributed by atoms with van der Waals surface area (Å²) in [5.74, 6) is 4.48. The van der Waals surface area contributed by atoms with Gasteiger partial charge in [0.05, 0.1) is 17.1 Å². The summed E-state index contributed by atoms with van der Waals surface area (Å²) in [7, 11) is 0. The Morgan fingerprint density at radius 2 is 2.44 bits per heavy atom. The third-order valence-electron chi connectivity index (χ3n) is 2.20. The van der Waals surface area contributed by atoms with Gasteiger partial charge in [-0.25, -0.2) is 0 Å². The van der Waals surface area contributed by atoms with Gasteiger partial charge in [0.1, 0.15) is 0 Å². The van der Waals surface area contributed by atoms with Crippen molar-refractivity contribution in [3.8, 4) is 12.3 Å². The lowest BCUT2D eigenvalue weighted by Gasteiger charge is -2.05. The molecule has 0 atom stereocenters. The first-order valence-corrected chi connectivity index (χ1v) is 6.68. The Bertz CT molecular complexity index is 352. The monoisotopic (exact) mass is 237 g/mol. The Morgan fingerprint density at radius 3 is 3.12 bits per heavy atom. The fourth-order valence-electron chi connectivity index (χ4n) is 1.51. The van der Waals surface area contributed by atoms with E-state index in [4.69, 9.17) is 6.42 Å². The molecule has 0 unspecified atom stereocenters. The first-order valence-electron chi connectivity index (χ1n) is 5.53. The molecule has 0 radical (unpaired) electrons. The van der Waals surface area contributed by atoms with Crippen molar-refractivity contribution in [2.24, 2.45) is 0 Å². The van der Waals surface area contributed by atoms with Crippen LogP contribution in [0.1, 0.15) is 18.3 Å². The van der Waals surface area contributed by atoms with E-state index in [0.29, 0.717) is 0 Å². The molecule has 0 saturated heterocycles.